The number of carbonyl (C=O) groups is 3. The number of methoxy groups -OCH3 is 2. The molecule has 1 saturated heterocycles. The van der Waals surface area contributed by atoms with Gasteiger partial charge in [-0.15, -0.1) is 0 Å². The number of carbonyl (C=O) groups excluding carboxylic acids is 3. The van der Waals surface area contributed by atoms with Gasteiger partial charge in [0.25, 0.3) is 0 Å². The van der Waals surface area contributed by atoms with Crippen LogP contribution in [0.3, 0.4) is 0 Å². The van der Waals surface area contributed by atoms with Gasteiger partial charge in [-0.3, -0.25) is 20.3 Å². The molecule has 1 unspecified atom stereocenters. The number of amides is 4. The molecule has 1 fully saturated rings. The van der Waals surface area contributed by atoms with E-state index in [4.69, 9.17) is 9.47 Å². The lowest BCUT2D eigenvalue weighted by Crippen LogP contribution is -2.62. The Morgan fingerprint density at radius 3 is 2.72 bits per heavy atom. The Bertz CT molecular complexity index is 691. The fraction of sp³-hybridized carbons (Fsp3) is 0.333. The van der Waals surface area contributed by atoms with E-state index in [0.29, 0.717) is 17.1 Å². The van der Waals surface area contributed by atoms with Gasteiger partial charge in [0.1, 0.15) is 6.04 Å². The van der Waals surface area contributed by atoms with Gasteiger partial charge in [0, 0.05) is 6.42 Å². The minimum atomic E-state index is -0.668. The van der Waals surface area contributed by atoms with Crippen molar-refractivity contribution in [3.63, 3.8) is 0 Å². The second-order valence-corrected chi connectivity index (χ2v) is 5.09. The van der Waals surface area contributed by atoms with Crippen LogP contribution >= 0.6 is 0 Å². The molecule has 1 heterocycles. The highest BCUT2D eigenvalue weighted by Crippen LogP contribution is 2.26. The lowest BCUT2D eigenvalue weighted by atomic mass is 10.1. The minimum Gasteiger partial charge on any atom is -0.493 e. The van der Waals surface area contributed by atoms with Gasteiger partial charge >= 0.3 is 6.03 Å². The Hall–Kier alpha value is -3.14. The molecule has 0 aromatic heterocycles. The van der Waals surface area contributed by atoms with Gasteiger partial charge in [0.2, 0.25) is 11.8 Å². The molecule has 1 aliphatic heterocycles. The molecule has 1 aliphatic rings. The maximum Gasteiger partial charge on any atom is 0.335 e. The Balaban J connectivity index is 1.80. The van der Waals surface area contributed by atoms with E-state index in [1.807, 2.05) is 0 Å². The number of rotatable bonds is 7. The first-order chi connectivity index (χ1) is 12.0. The molecule has 1 atom stereocenters. The second-order valence-electron chi connectivity index (χ2n) is 5.09. The number of hydrogen-bond acceptors (Lipinski definition) is 7. The van der Waals surface area contributed by atoms with Gasteiger partial charge in [-0.2, -0.15) is 5.10 Å². The van der Waals surface area contributed by atoms with Crippen molar-refractivity contribution in [2.24, 2.45) is 5.10 Å². The summed E-state index contributed by atoms with van der Waals surface area (Å²) in [6.45, 7) is 0. The Labute approximate surface area is 143 Å². The normalized spacial score (nSPS) is 17.0. The molecule has 4 N–H and O–H groups in total. The van der Waals surface area contributed by atoms with Crippen molar-refractivity contribution in [2.45, 2.75) is 18.9 Å². The maximum absolute atomic E-state index is 11.8. The van der Waals surface area contributed by atoms with Crippen LogP contribution in [0.5, 0.6) is 11.5 Å². The van der Waals surface area contributed by atoms with Crippen molar-refractivity contribution in [2.75, 3.05) is 14.2 Å². The van der Waals surface area contributed by atoms with Crippen molar-refractivity contribution < 1.29 is 23.9 Å². The van der Waals surface area contributed by atoms with E-state index in [1.54, 1.807) is 25.3 Å². The molecule has 0 aliphatic carbocycles. The Kier molecular flexibility index (Phi) is 6.29. The van der Waals surface area contributed by atoms with Crippen LogP contribution in [-0.4, -0.2) is 44.3 Å². The third kappa shape index (κ3) is 5.18. The van der Waals surface area contributed by atoms with Crippen LogP contribution in [0.15, 0.2) is 23.3 Å². The van der Waals surface area contributed by atoms with E-state index in [9.17, 15) is 14.4 Å². The molecule has 134 valence electrons. The summed E-state index contributed by atoms with van der Waals surface area (Å²) in [5.74, 6) is 0.303. The van der Waals surface area contributed by atoms with E-state index >= 15 is 0 Å². The number of urea groups is 1. The number of nitrogens with zero attached hydrogens (tertiary/aromatic N) is 1. The standard InChI is InChI=1S/C15H19N5O5/c1-24-11-5-3-9(7-12(11)25-2)8-16-19-13(21)6-4-10-14(22)17-15(23)20-18-10/h3,5,7-8,10,18H,4,6H2,1-2H3,(H,19,21)(H2,17,20,22,23)/b16-8+. The Morgan fingerprint density at radius 1 is 1.28 bits per heavy atom. The SMILES string of the molecule is COc1ccc(/C=N/NC(=O)CCC2NNC(=O)NC2=O)cc1OC. The third-order valence-corrected chi connectivity index (χ3v) is 3.38. The lowest BCUT2D eigenvalue weighted by Gasteiger charge is -2.22. The van der Waals surface area contributed by atoms with Gasteiger partial charge < -0.3 is 9.47 Å². The van der Waals surface area contributed by atoms with Crippen molar-refractivity contribution in [1.82, 2.24) is 21.6 Å². The van der Waals surface area contributed by atoms with Gasteiger partial charge in [-0.1, -0.05) is 0 Å². The van der Waals surface area contributed by atoms with E-state index in [2.05, 4.69) is 26.7 Å². The first kappa shape index (κ1) is 18.2. The average molecular weight is 349 g/mol. The highest BCUT2D eigenvalue weighted by molar-refractivity contribution is 5.99. The van der Waals surface area contributed by atoms with Gasteiger partial charge in [0.05, 0.1) is 20.4 Å². The van der Waals surface area contributed by atoms with Gasteiger partial charge in [-0.05, 0) is 30.2 Å². The second kappa shape index (κ2) is 8.64. The molecular formula is C15H19N5O5. The van der Waals surface area contributed by atoms with Gasteiger partial charge in [-0.25, -0.2) is 15.6 Å². The molecule has 0 spiro atoms. The fourth-order valence-electron chi connectivity index (χ4n) is 2.09. The molecule has 0 saturated carbocycles. The maximum atomic E-state index is 11.8. The van der Waals surface area contributed by atoms with E-state index in [-0.39, 0.29) is 18.7 Å². The molecule has 4 amide bonds. The highest BCUT2D eigenvalue weighted by atomic mass is 16.5. The summed E-state index contributed by atoms with van der Waals surface area (Å²) in [7, 11) is 3.07. The predicted octanol–water partition coefficient (Wildman–Crippen LogP) is -0.353. The van der Waals surface area contributed by atoms with E-state index in [1.165, 1.54) is 13.3 Å². The van der Waals surface area contributed by atoms with Crippen molar-refractivity contribution in [3.8, 4) is 11.5 Å². The number of hydrogen-bond donors (Lipinski definition) is 4. The summed E-state index contributed by atoms with van der Waals surface area (Å²) in [4.78, 5) is 34.2. The van der Waals surface area contributed by atoms with Crippen LogP contribution in [0.2, 0.25) is 0 Å². The first-order valence-corrected chi connectivity index (χ1v) is 7.43. The van der Waals surface area contributed by atoms with Crippen LogP contribution in [0, 0.1) is 0 Å². The van der Waals surface area contributed by atoms with E-state index in [0.717, 1.165) is 0 Å². The zero-order chi connectivity index (χ0) is 18.2. The van der Waals surface area contributed by atoms with Crippen molar-refractivity contribution >= 4 is 24.1 Å². The van der Waals surface area contributed by atoms with E-state index < -0.39 is 18.0 Å². The number of hydrazone groups is 1. The number of hydrazine groups is 1. The number of ether oxygens (including phenoxy) is 2. The zero-order valence-electron chi connectivity index (χ0n) is 13.8. The zero-order valence-corrected chi connectivity index (χ0v) is 13.8. The third-order valence-electron chi connectivity index (χ3n) is 3.38. The number of benzene rings is 1. The van der Waals surface area contributed by atoms with Crippen LogP contribution in [0.25, 0.3) is 0 Å². The van der Waals surface area contributed by atoms with Gasteiger partial charge in [0.15, 0.2) is 11.5 Å². The summed E-state index contributed by atoms with van der Waals surface area (Å²) < 4.78 is 10.3. The highest BCUT2D eigenvalue weighted by Gasteiger charge is 2.25. The molecule has 1 aromatic rings. The summed E-state index contributed by atoms with van der Waals surface area (Å²) in [6.07, 6.45) is 1.74. The molecule has 10 nitrogen and oxygen atoms in total. The minimum absolute atomic E-state index is 0.0598. The monoisotopic (exact) mass is 349 g/mol. The van der Waals surface area contributed by atoms with Crippen LogP contribution in [0.4, 0.5) is 4.79 Å². The molecule has 0 bridgehead atoms. The topological polar surface area (TPSA) is 130 Å². The number of imide groups is 1. The van der Waals surface area contributed by atoms with Crippen LogP contribution in [0.1, 0.15) is 18.4 Å². The van der Waals surface area contributed by atoms with Crippen LogP contribution < -0.4 is 31.1 Å². The molecule has 2 rings (SSSR count). The first-order valence-electron chi connectivity index (χ1n) is 7.43. The molecule has 10 heteroatoms. The van der Waals surface area contributed by atoms with Crippen molar-refractivity contribution in [1.29, 1.82) is 0 Å². The lowest BCUT2D eigenvalue weighted by molar-refractivity contribution is -0.124. The summed E-state index contributed by atoms with van der Waals surface area (Å²) in [5.41, 5.74) is 7.88. The smallest absolute Gasteiger partial charge is 0.335 e. The average Bonchev–Trinajstić information content (AvgIpc) is 2.60. The van der Waals surface area contributed by atoms with Crippen LogP contribution in [-0.2, 0) is 9.59 Å². The summed E-state index contributed by atoms with van der Waals surface area (Å²) in [6, 6.07) is 3.91. The fourth-order valence-corrected chi connectivity index (χ4v) is 2.09. The number of nitrogens with one attached hydrogen (secondary N) is 4. The molecule has 25 heavy (non-hydrogen) atoms. The molecule has 1 aromatic carbocycles. The quantitative estimate of drug-likeness (QED) is 0.393. The Morgan fingerprint density at radius 2 is 2.04 bits per heavy atom. The molecular weight excluding hydrogens is 330 g/mol. The summed E-state index contributed by atoms with van der Waals surface area (Å²) >= 11 is 0. The molecule has 0 radical (unpaired) electrons. The summed E-state index contributed by atoms with van der Waals surface area (Å²) in [5, 5.41) is 5.96. The predicted molar refractivity (Wildman–Crippen MR) is 88.1 cm³/mol. The largest absolute Gasteiger partial charge is 0.493 e. The van der Waals surface area contributed by atoms with Crippen molar-refractivity contribution in [3.05, 3.63) is 23.8 Å².